The maximum absolute atomic E-state index is 11.6. The van der Waals surface area contributed by atoms with Gasteiger partial charge < -0.3 is 9.47 Å². The highest BCUT2D eigenvalue weighted by Gasteiger charge is 2.05. The molecule has 0 aliphatic rings. The highest BCUT2D eigenvalue weighted by molar-refractivity contribution is 5.89. The van der Waals surface area contributed by atoms with Gasteiger partial charge in [0, 0.05) is 0 Å². The highest BCUT2D eigenvalue weighted by atomic mass is 19.1. The minimum absolute atomic E-state index is 0.304. The molecule has 1 aromatic rings. The number of carbonyl (C=O) groups excluding carboxylic acids is 1. The van der Waals surface area contributed by atoms with Crippen molar-refractivity contribution in [2.45, 2.75) is 0 Å². The molecule has 0 fully saturated rings. The minimum atomic E-state index is -1.11. The monoisotopic (exact) mass is 184 g/mol. The van der Waals surface area contributed by atoms with Gasteiger partial charge in [0.2, 0.25) is 6.86 Å². The van der Waals surface area contributed by atoms with E-state index in [0.717, 1.165) is 0 Å². The quantitative estimate of drug-likeness (QED) is 0.671. The highest BCUT2D eigenvalue weighted by Crippen LogP contribution is 2.11. The van der Waals surface area contributed by atoms with E-state index < -0.39 is 12.8 Å². The maximum atomic E-state index is 11.6. The predicted molar refractivity (Wildman–Crippen MR) is 44.4 cm³/mol. The van der Waals surface area contributed by atoms with Gasteiger partial charge >= 0.3 is 5.97 Å². The van der Waals surface area contributed by atoms with Crippen molar-refractivity contribution >= 4 is 5.97 Å². The Hall–Kier alpha value is -1.58. The Balaban J connectivity index is 2.74. The molecule has 0 aliphatic heterocycles. The van der Waals surface area contributed by atoms with Gasteiger partial charge in [-0.25, -0.2) is 9.18 Å². The van der Waals surface area contributed by atoms with Gasteiger partial charge in [-0.1, -0.05) is 0 Å². The van der Waals surface area contributed by atoms with E-state index in [1.807, 2.05) is 0 Å². The molecule has 0 bridgehead atoms. The van der Waals surface area contributed by atoms with Crippen molar-refractivity contribution in [2.24, 2.45) is 0 Å². The zero-order valence-electron chi connectivity index (χ0n) is 7.12. The number of carbonyl (C=O) groups is 1. The first-order chi connectivity index (χ1) is 6.27. The first-order valence-electron chi connectivity index (χ1n) is 3.65. The Morgan fingerprint density at radius 2 is 2.00 bits per heavy atom. The standard InChI is InChI=1S/C9H9FO3/c1-12-8-4-2-7(3-5-8)9(11)13-6-10/h2-5H,6H2,1H3. The van der Waals surface area contributed by atoms with Crippen LogP contribution in [0.3, 0.4) is 0 Å². The van der Waals surface area contributed by atoms with E-state index in [9.17, 15) is 9.18 Å². The van der Waals surface area contributed by atoms with Crippen molar-refractivity contribution in [3.8, 4) is 5.75 Å². The number of hydrogen-bond donors (Lipinski definition) is 0. The third-order valence-corrected chi connectivity index (χ3v) is 1.51. The third kappa shape index (κ3) is 2.43. The summed E-state index contributed by atoms with van der Waals surface area (Å²) in [6, 6.07) is 6.23. The number of alkyl halides is 1. The van der Waals surface area contributed by atoms with Crippen LogP contribution < -0.4 is 4.74 Å². The lowest BCUT2D eigenvalue weighted by molar-refractivity contribution is 0.0324. The molecule has 0 saturated carbocycles. The molecule has 1 rings (SSSR count). The fourth-order valence-corrected chi connectivity index (χ4v) is 0.860. The number of rotatable bonds is 3. The molecule has 70 valence electrons. The normalized spacial score (nSPS) is 9.38. The molecule has 0 heterocycles. The summed E-state index contributed by atoms with van der Waals surface area (Å²) < 4.78 is 20.6. The molecule has 0 aliphatic carbocycles. The molecule has 0 spiro atoms. The topological polar surface area (TPSA) is 35.5 Å². The summed E-state index contributed by atoms with van der Waals surface area (Å²) in [6.07, 6.45) is 0. The predicted octanol–water partition coefficient (Wildman–Crippen LogP) is 1.78. The van der Waals surface area contributed by atoms with E-state index in [1.54, 1.807) is 12.1 Å². The summed E-state index contributed by atoms with van der Waals surface area (Å²) in [5.74, 6) is -0.0399. The van der Waals surface area contributed by atoms with Crippen LogP contribution >= 0.6 is 0 Å². The van der Waals surface area contributed by atoms with Gasteiger partial charge in [-0.2, -0.15) is 0 Å². The van der Waals surface area contributed by atoms with Crippen LogP contribution in [0.2, 0.25) is 0 Å². The molecule has 0 radical (unpaired) electrons. The number of esters is 1. The molecule has 0 N–H and O–H groups in total. The Bertz CT molecular complexity index is 281. The zero-order valence-corrected chi connectivity index (χ0v) is 7.12. The van der Waals surface area contributed by atoms with E-state index in [0.29, 0.717) is 11.3 Å². The second-order valence-corrected chi connectivity index (χ2v) is 2.27. The summed E-state index contributed by atoms with van der Waals surface area (Å²) in [7, 11) is 1.52. The number of methoxy groups -OCH3 is 1. The van der Waals surface area contributed by atoms with E-state index in [4.69, 9.17) is 4.74 Å². The molecule has 0 saturated heterocycles. The van der Waals surface area contributed by atoms with Crippen molar-refractivity contribution in [3.05, 3.63) is 29.8 Å². The largest absolute Gasteiger partial charge is 0.497 e. The minimum Gasteiger partial charge on any atom is -0.497 e. The first-order valence-corrected chi connectivity index (χ1v) is 3.65. The van der Waals surface area contributed by atoms with Crippen LogP contribution in [0.4, 0.5) is 4.39 Å². The fraction of sp³-hybridized carbons (Fsp3) is 0.222. The van der Waals surface area contributed by atoms with Gasteiger partial charge in [0.25, 0.3) is 0 Å². The lowest BCUT2D eigenvalue weighted by Crippen LogP contribution is -2.03. The molecule has 13 heavy (non-hydrogen) atoms. The van der Waals surface area contributed by atoms with Crippen molar-refractivity contribution < 1.29 is 18.7 Å². The smallest absolute Gasteiger partial charge is 0.340 e. The van der Waals surface area contributed by atoms with Crippen LogP contribution in [-0.2, 0) is 4.74 Å². The third-order valence-electron chi connectivity index (χ3n) is 1.51. The van der Waals surface area contributed by atoms with Crippen molar-refractivity contribution in [3.63, 3.8) is 0 Å². The van der Waals surface area contributed by atoms with Crippen LogP contribution in [0, 0.1) is 0 Å². The number of ether oxygens (including phenoxy) is 2. The second kappa shape index (κ2) is 4.45. The molecule has 0 unspecified atom stereocenters. The number of benzene rings is 1. The second-order valence-electron chi connectivity index (χ2n) is 2.27. The lowest BCUT2D eigenvalue weighted by Gasteiger charge is -2.01. The van der Waals surface area contributed by atoms with Crippen LogP contribution in [-0.4, -0.2) is 19.9 Å². The molecule has 4 heteroatoms. The molecular formula is C9H9FO3. The molecule has 0 amide bonds. The van der Waals surface area contributed by atoms with Crippen molar-refractivity contribution in [2.75, 3.05) is 14.0 Å². The maximum Gasteiger partial charge on any atom is 0.340 e. The molecular weight excluding hydrogens is 175 g/mol. The molecule has 3 nitrogen and oxygen atoms in total. The lowest BCUT2D eigenvalue weighted by atomic mass is 10.2. The van der Waals surface area contributed by atoms with Gasteiger partial charge in [-0.15, -0.1) is 0 Å². The summed E-state index contributed by atoms with van der Waals surface area (Å²) in [6.45, 7) is -1.11. The van der Waals surface area contributed by atoms with Crippen molar-refractivity contribution in [1.82, 2.24) is 0 Å². The molecule has 0 atom stereocenters. The first kappa shape index (κ1) is 9.51. The molecule has 0 aromatic heterocycles. The van der Waals surface area contributed by atoms with Crippen LogP contribution in [0.15, 0.2) is 24.3 Å². The van der Waals surface area contributed by atoms with E-state index in [1.165, 1.54) is 19.2 Å². The Kier molecular flexibility index (Phi) is 3.25. The van der Waals surface area contributed by atoms with Crippen molar-refractivity contribution in [1.29, 1.82) is 0 Å². The summed E-state index contributed by atoms with van der Waals surface area (Å²) in [5, 5.41) is 0. The van der Waals surface area contributed by atoms with Gasteiger partial charge in [0.15, 0.2) is 0 Å². The average molecular weight is 184 g/mol. The Labute approximate surface area is 75.1 Å². The van der Waals surface area contributed by atoms with Gasteiger partial charge in [0.1, 0.15) is 5.75 Å². The summed E-state index contributed by atoms with van der Waals surface area (Å²) in [5.41, 5.74) is 0.304. The van der Waals surface area contributed by atoms with E-state index >= 15 is 0 Å². The summed E-state index contributed by atoms with van der Waals surface area (Å²) in [4.78, 5) is 10.9. The van der Waals surface area contributed by atoms with Crippen LogP contribution in [0.1, 0.15) is 10.4 Å². The Morgan fingerprint density at radius 3 is 2.46 bits per heavy atom. The Morgan fingerprint density at radius 1 is 1.38 bits per heavy atom. The number of hydrogen-bond acceptors (Lipinski definition) is 3. The van der Waals surface area contributed by atoms with E-state index in [2.05, 4.69) is 4.74 Å². The van der Waals surface area contributed by atoms with Crippen LogP contribution in [0.25, 0.3) is 0 Å². The SMILES string of the molecule is COc1ccc(C(=O)OCF)cc1. The fourth-order valence-electron chi connectivity index (χ4n) is 0.860. The van der Waals surface area contributed by atoms with Crippen LogP contribution in [0.5, 0.6) is 5.75 Å². The van der Waals surface area contributed by atoms with E-state index in [-0.39, 0.29) is 0 Å². The summed E-state index contributed by atoms with van der Waals surface area (Å²) >= 11 is 0. The zero-order chi connectivity index (χ0) is 9.68. The van der Waals surface area contributed by atoms with Gasteiger partial charge in [-0.05, 0) is 24.3 Å². The number of halogens is 1. The average Bonchev–Trinajstić information content (AvgIpc) is 2.18. The molecule has 1 aromatic carbocycles. The van der Waals surface area contributed by atoms with Gasteiger partial charge in [0.05, 0.1) is 12.7 Å². The van der Waals surface area contributed by atoms with Gasteiger partial charge in [-0.3, -0.25) is 0 Å².